The second-order valence-electron chi connectivity index (χ2n) is 3.72. The van der Waals surface area contributed by atoms with Crippen molar-refractivity contribution in [3.8, 4) is 0 Å². The molecule has 0 radical (unpaired) electrons. The maximum Gasteiger partial charge on any atom is 0.435 e. The lowest BCUT2D eigenvalue weighted by Crippen LogP contribution is -2.35. The molecule has 0 bridgehead atoms. The number of nitrogens with zero attached hydrogens (tertiary/aromatic N) is 3. The van der Waals surface area contributed by atoms with E-state index < -0.39 is 23.7 Å². The summed E-state index contributed by atoms with van der Waals surface area (Å²) in [4.78, 5) is 23.6. The van der Waals surface area contributed by atoms with Crippen molar-refractivity contribution in [2.75, 3.05) is 20.7 Å². The fourth-order valence-electron chi connectivity index (χ4n) is 1.21. The number of likely N-dealkylation sites (N-methyl/N-ethyl adjacent to an activating group) is 1. The van der Waals surface area contributed by atoms with Gasteiger partial charge >= 0.3 is 12.1 Å². The monoisotopic (exact) mass is 279 g/mol. The quantitative estimate of drug-likeness (QED) is 0.754. The predicted molar refractivity (Wildman–Crippen MR) is 56.9 cm³/mol. The van der Waals surface area contributed by atoms with E-state index in [1.807, 2.05) is 0 Å². The zero-order valence-corrected chi connectivity index (χ0v) is 10.3. The van der Waals surface area contributed by atoms with Crippen LogP contribution in [0.25, 0.3) is 0 Å². The number of aromatic nitrogens is 2. The molecule has 106 valence electrons. The number of rotatable bonds is 4. The standard InChI is InChI=1S/C10H12F3N3O3/c1-15(6-9(18)19-2)8(17)5-16-4-3-7(14-16)10(11,12)13/h3-4H,5-6H2,1-2H3. The van der Waals surface area contributed by atoms with Crippen LogP contribution in [-0.2, 0) is 27.0 Å². The number of amides is 1. The first-order valence-electron chi connectivity index (χ1n) is 5.15. The number of carbonyl (C=O) groups is 2. The molecule has 1 rings (SSSR count). The molecule has 0 saturated heterocycles. The highest BCUT2D eigenvalue weighted by molar-refractivity contribution is 5.81. The SMILES string of the molecule is COC(=O)CN(C)C(=O)Cn1ccc(C(F)(F)F)n1. The molecule has 0 atom stereocenters. The molecular formula is C10H12F3N3O3. The van der Waals surface area contributed by atoms with E-state index in [2.05, 4.69) is 9.84 Å². The van der Waals surface area contributed by atoms with Gasteiger partial charge in [0, 0.05) is 13.2 Å². The van der Waals surface area contributed by atoms with Gasteiger partial charge in [-0.05, 0) is 6.07 Å². The molecule has 1 heterocycles. The predicted octanol–water partition coefficient (Wildman–Crippen LogP) is 0.533. The van der Waals surface area contributed by atoms with Crippen molar-refractivity contribution < 1.29 is 27.5 Å². The highest BCUT2D eigenvalue weighted by atomic mass is 19.4. The van der Waals surface area contributed by atoms with Gasteiger partial charge in [-0.15, -0.1) is 0 Å². The Labute approximate surface area is 106 Å². The smallest absolute Gasteiger partial charge is 0.435 e. The van der Waals surface area contributed by atoms with Crippen LogP contribution in [-0.4, -0.2) is 47.3 Å². The number of alkyl halides is 3. The van der Waals surface area contributed by atoms with Gasteiger partial charge < -0.3 is 9.64 Å². The Morgan fingerprint density at radius 3 is 2.58 bits per heavy atom. The lowest BCUT2D eigenvalue weighted by molar-refractivity contribution is -0.146. The third kappa shape index (κ3) is 4.27. The van der Waals surface area contributed by atoms with Crippen molar-refractivity contribution in [1.29, 1.82) is 0 Å². The molecule has 0 N–H and O–H groups in total. The zero-order chi connectivity index (χ0) is 14.6. The van der Waals surface area contributed by atoms with Gasteiger partial charge in [-0.2, -0.15) is 18.3 Å². The van der Waals surface area contributed by atoms with E-state index in [0.29, 0.717) is 0 Å². The van der Waals surface area contributed by atoms with Crippen LogP contribution in [0.2, 0.25) is 0 Å². The molecule has 0 aliphatic rings. The number of halogens is 3. The molecule has 0 spiro atoms. The highest BCUT2D eigenvalue weighted by Gasteiger charge is 2.33. The van der Waals surface area contributed by atoms with Crippen molar-refractivity contribution >= 4 is 11.9 Å². The minimum atomic E-state index is -4.55. The second kappa shape index (κ2) is 5.72. The first-order valence-corrected chi connectivity index (χ1v) is 5.15. The summed E-state index contributed by atoms with van der Waals surface area (Å²) in [5, 5.41) is 3.23. The normalized spacial score (nSPS) is 11.2. The van der Waals surface area contributed by atoms with Gasteiger partial charge in [0.1, 0.15) is 13.1 Å². The molecule has 0 aromatic carbocycles. The third-order valence-electron chi connectivity index (χ3n) is 2.25. The Kier molecular flexibility index (Phi) is 4.52. The maximum absolute atomic E-state index is 12.3. The van der Waals surface area contributed by atoms with E-state index in [1.165, 1.54) is 14.2 Å². The minimum absolute atomic E-state index is 0.275. The summed E-state index contributed by atoms with van der Waals surface area (Å²) < 4.78 is 42.1. The molecule has 0 unspecified atom stereocenters. The van der Waals surface area contributed by atoms with Gasteiger partial charge in [0.15, 0.2) is 5.69 Å². The summed E-state index contributed by atoms with van der Waals surface area (Å²) in [6.45, 7) is -0.660. The molecule has 1 aromatic rings. The second-order valence-corrected chi connectivity index (χ2v) is 3.72. The Morgan fingerprint density at radius 2 is 2.11 bits per heavy atom. The largest absolute Gasteiger partial charge is 0.468 e. The fraction of sp³-hybridized carbons (Fsp3) is 0.500. The van der Waals surface area contributed by atoms with E-state index in [4.69, 9.17) is 0 Å². The lowest BCUT2D eigenvalue weighted by atomic mass is 10.4. The van der Waals surface area contributed by atoms with Crippen LogP contribution in [0.3, 0.4) is 0 Å². The molecule has 1 aromatic heterocycles. The van der Waals surface area contributed by atoms with Gasteiger partial charge in [-0.3, -0.25) is 14.3 Å². The van der Waals surface area contributed by atoms with Crippen LogP contribution in [0.1, 0.15) is 5.69 Å². The first kappa shape index (κ1) is 15.0. The van der Waals surface area contributed by atoms with E-state index >= 15 is 0 Å². The Morgan fingerprint density at radius 1 is 1.47 bits per heavy atom. The summed E-state index contributed by atoms with van der Waals surface area (Å²) in [6.07, 6.45) is -3.50. The Hall–Kier alpha value is -2.06. The molecule has 0 aliphatic heterocycles. The number of ether oxygens (including phenoxy) is 1. The Balaban J connectivity index is 2.62. The average Bonchev–Trinajstić information content (AvgIpc) is 2.76. The van der Waals surface area contributed by atoms with Crippen molar-refractivity contribution in [1.82, 2.24) is 14.7 Å². The molecule has 9 heteroatoms. The topological polar surface area (TPSA) is 64.4 Å². The third-order valence-corrected chi connectivity index (χ3v) is 2.25. The van der Waals surface area contributed by atoms with Crippen LogP contribution >= 0.6 is 0 Å². The summed E-state index contributed by atoms with van der Waals surface area (Å²) in [5.41, 5.74) is -1.07. The number of hydrogen-bond acceptors (Lipinski definition) is 4. The van der Waals surface area contributed by atoms with Gasteiger partial charge in [0.2, 0.25) is 5.91 Å². The first-order chi connectivity index (χ1) is 8.74. The number of carbonyl (C=O) groups excluding carboxylic acids is 2. The van der Waals surface area contributed by atoms with Crippen molar-refractivity contribution in [3.05, 3.63) is 18.0 Å². The van der Waals surface area contributed by atoms with Crippen molar-refractivity contribution in [2.24, 2.45) is 0 Å². The molecule has 1 amide bonds. The van der Waals surface area contributed by atoms with Gasteiger partial charge in [0.05, 0.1) is 7.11 Å². The molecule has 0 fully saturated rings. The molecule has 19 heavy (non-hydrogen) atoms. The summed E-state index contributed by atoms with van der Waals surface area (Å²) in [7, 11) is 2.51. The van der Waals surface area contributed by atoms with Gasteiger partial charge in [-0.25, -0.2) is 0 Å². The molecule has 6 nitrogen and oxygen atoms in total. The van der Waals surface area contributed by atoms with Crippen LogP contribution in [0, 0.1) is 0 Å². The van der Waals surface area contributed by atoms with Crippen molar-refractivity contribution in [3.63, 3.8) is 0 Å². The van der Waals surface area contributed by atoms with E-state index in [0.717, 1.165) is 21.8 Å². The molecule has 0 aliphatic carbocycles. The van der Waals surface area contributed by atoms with Crippen LogP contribution in [0.4, 0.5) is 13.2 Å². The molecular weight excluding hydrogens is 267 g/mol. The minimum Gasteiger partial charge on any atom is -0.468 e. The number of hydrogen-bond donors (Lipinski definition) is 0. The maximum atomic E-state index is 12.3. The van der Waals surface area contributed by atoms with Crippen LogP contribution < -0.4 is 0 Å². The van der Waals surface area contributed by atoms with Gasteiger partial charge in [0.25, 0.3) is 0 Å². The van der Waals surface area contributed by atoms with Crippen molar-refractivity contribution in [2.45, 2.75) is 12.7 Å². The number of methoxy groups -OCH3 is 1. The fourth-order valence-corrected chi connectivity index (χ4v) is 1.21. The summed E-state index contributed by atoms with van der Waals surface area (Å²) >= 11 is 0. The van der Waals surface area contributed by atoms with E-state index in [1.54, 1.807) is 0 Å². The number of esters is 1. The summed E-state index contributed by atoms with van der Waals surface area (Å²) in [5.74, 6) is -1.17. The summed E-state index contributed by atoms with van der Waals surface area (Å²) in [6, 6.07) is 0.771. The van der Waals surface area contributed by atoms with Gasteiger partial charge in [-0.1, -0.05) is 0 Å². The highest BCUT2D eigenvalue weighted by Crippen LogP contribution is 2.27. The Bertz CT molecular complexity index is 470. The average molecular weight is 279 g/mol. The molecule has 0 saturated carbocycles. The van der Waals surface area contributed by atoms with Crippen LogP contribution in [0.5, 0.6) is 0 Å². The van der Waals surface area contributed by atoms with E-state index in [9.17, 15) is 22.8 Å². The zero-order valence-electron chi connectivity index (χ0n) is 10.3. The van der Waals surface area contributed by atoms with Crippen LogP contribution in [0.15, 0.2) is 12.3 Å². The van der Waals surface area contributed by atoms with E-state index in [-0.39, 0.29) is 13.1 Å². The lowest BCUT2D eigenvalue weighted by Gasteiger charge is -2.15.